The van der Waals surface area contributed by atoms with Crippen LogP contribution in [-0.4, -0.2) is 124 Å². The summed E-state index contributed by atoms with van der Waals surface area (Å²) in [5.41, 5.74) is 8.97. The van der Waals surface area contributed by atoms with Crippen LogP contribution in [0.4, 0.5) is 4.79 Å². The van der Waals surface area contributed by atoms with Crippen LogP contribution in [0, 0.1) is 5.41 Å². The van der Waals surface area contributed by atoms with Gasteiger partial charge in [0.15, 0.2) is 5.78 Å². The van der Waals surface area contributed by atoms with Crippen molar-refractivity contribution < 1.29 is 38.4 Å². The molecule has 270 valence electrons. The third-order valence-corrected chi connectivity index (χ3v) is 9.68. The number of Topliss-reactive ketones (excluding diaryl/α,β-unsaturated/α-hetero) is 1. The lowest BCUT2D eigenvalue weighted by molar-refractivity contribution is -0.121. The number of hydrogen-bond donors (Lipinski definition) is 4. The molecule has 3 atom stereocenters. The topological polar surface area (TPSA) is 206 Å². The normalized spacial score (nSPS) is 21.9. The summed E-state index contributed by atoms with van der Waals surface area (Å²) >= 11 is 1.89. The second-order valence-corrected chi connectivity index (χ2v) is 14.1. The first-order chi connectivity index (χ1) is 23.2. The SMILES string of the molecule is CC1(C)CC(=O)C(C(CCOCCOCCOCCOCCNC(=O)CCCC[C@@H]2SC[C@@H]3NC(=O)N[C@@H]32)=NCCCN=[N+]=[N-])=C(O)C1. The third-order valence-electron chi connectivity index (χ3n) is 8.17. The molecule has 1 aliphatic carbocycles. The van der Waals surface area contributed by atoms with Gasteiger partial charge in [-0.25, -0.2) is 4.79 Å². The standard InChI is InChI=1S/C32H53N7O8S/c1-32(2)20-25(40)29(26(41)21-32)23(34-9-5-10-36-39-33)8-12-44-14-16-46-18-19-47-17-15-45-13-11-35-28(42)7-4-3-6-27-30-24(22-48-27)37-31(43)38-30/h24,27,30,40H,3-22H2,1-2H3,(H,35,42)(H2,37,38,43)/t24-,27-,30-/m0/s1. The summed E-state index contributed by atoms with van der Waals surface area (Å²) in [7, 11) is 0. The highest BCUT2D eigenvalue weighted by Crippen LogP contribution is 2.36. The number of aliphatic imine (C=N–C) groups is 1. The van der Waals surface area contributed by atoms with Crippen LogP contribution in [0.15, 0.2) is 21.4 Å². The highest BCUT2D eigenvalue weighted by molar-refractivity contribution is 8.00. The molecule has 4 N–H and O–H groups in total. The van der Waals surface area contributed by atoms with Crippen LogP contribution in [0.5, 0.6) is 0 Å². The summed E-state index contributed by atoms with van der Waals surface area (Å²) in [5.74, 6) is 0.926. The zero-order valence-corrected chi connectivity index (χ0v) is 29.2. The molecule has 2 heterocycles. The molecule has 0 aromatic carbocycles. The lowest BCUT2D eigenvalue weighted by atomic mass is 9.75. The molecule has 0 unspecified atom stereocenters. The maximum Gasteiger partial charge on any atom is 0.315 e. The molecular formula is C32H53N7O8S. The summed E-state index contributed by atoms with van der Waals surface area (Å²) in [5, 5.41) is 23.4. The fraction of sp³-hybridized carbons (Fsp3) is 0.812. The molecule has 0 saturated carbocycles. The molecule has 48 heavy (non-hydrogen) atoms. The Hall–Kier alpha value is -2.88. The number of unbranched alkanes of at least 4 members (excludes halogenated alkanes) is 1. The number of allylic oxidation sites excluding steroid dienone is 2. The first kappa shape index (κ1) is 39.6. The number of amides is 3. The van der Waals surface area contributed by atoms with Gasteiger partial charge in [-0.3, -0.25) is 14.6 Å². The molecular weight excluding hydrogens is 642 g/mol. The van der Waals surface area contributed by atoms with E-state index in [1.807, 2.05) is 25.6 Å². The molecule has 3 rings (SSSR count). The second kappa shape index (κ2) is 22.0. The Kier molecular flexibility index (Phi) is 18.1. The molecule has 0 aromatic rings. The Balaban J connectivity index is 1.13. The number of azide groups is 1. The van der Waals surface area contributed by atoms with Crippen molar-refractivity contribution in [3.63, 3.8) is 0 Å². The van der Waals surface area contributed by atoms with Crippen molar-refractivity contribution in [3.05, 3.63) is 21.8 Å². The van der Waals surface area contributed by atoms with E-state index in [-0.39, 0.29) is 41.0 Å². The quantitative estimate of drug-likeness (QED) is 0.0274. The van der Waals surface area contributed by atoms with Gasteiger partial charge >= 0.3 is 6.03 Å². The summed E-state index contributed by atoms with van der Waals surface area (Å²) in [6, 6.07) is 0.374. The van der Waals surface area contributed by atoms with E-state index in [2.05, 4.69) is 31.0 Å². The summed E-state index contributed by atoms with van der Waals surface area (Å²) in [6.07, 6.45) is 4.96. The van der Waals surface area contributed by atoms with Gasteiger partial charge in [0.2, 0.25) is 5.91 Å². The summed E-state index contributed by atoms with van der Waals surface area (Å²) in [6.45, 7) is 8.23. The first-order valence-corrected chi connectivity index (χ1v) is 18.0. The van der Waals surface area contributed by atoms with E-state index in [1.165, 1.54) is 0 Å². The molecule has 16 heteroatoms. The number of ether oxygens (including phenoxy) is 4. The van der Waals surface area contributed by atoms with Crippen molar-refractivity contribution >= 4 is 35.2 Å². The predicted octanol–water partition coefficient (Wildman–Crippen LogP) is 3.63. The number of thioether (sulfide) groups is 1. The molecule has 0 bridgehead atoms. The maximum absolute atomic E-state index is 12.8. The highest BCUT2D eigenvalue weighted by Gasteiger charge is 2.42. The van der Waals surface area contributed by atoms with Crippen molar-refractivity contribution in [2.24, 2.45) is 15.5 Å². The largest absolute Gasteiger partial charge is 0.511 e. The van der Waals surface area contributed by atoms with Gasteiger partial charge in [-0.05, 0) is 30.2 Å². The number of fused-ring (bicyclic) bond motifs is 1. The smallest absolute Gasteiger partial charge is 0.315 e. The number of nitrogens with one attached hydrogen (secondary N) is 3. The van der Waals surface area contributed by atoms with Crippen molar-refractivity contribution in [3.8, 4) is 0 Å². The summed E-state index contributed by atoms with van der Waals surface area (Å²) in [4.78, 5) is 43.6. The Bertz CT molecular complexity index is 1160. The third kappa shape index (κ3) is 14.7. The Labute approximate surface area is 287 Å². The fourth-order valence-electron chi connectivity index (χ4n) is 5.85. The van der Waals surface area contributed by atoms with Gasteiger partial charge in [0.25, 0.3) is 0 Å². The number of nitrogens with zero attached hydrogens (tertiary/aromatic N) is 4. The molecule has 2 saturated heterocycles. The van der Waals surface area contributed by atoms with Crippen LogP contribution in [-0.2, 0) is 28.5 Å². The number of carbonyl (C=O) groups is 3. The number of aliphatic hydroxyl groups excluding tert-OH is 1. The average Bonchev–Trinajstić information content (AvgIpc) is 3.58. The van der Waals surface area contributed by atoms with Gasteiger partial charge in [0.1, 0.15) is 5.76 Å². The van der Waals surface area contributed by atoms with Gasteiger partial charge in [-0.2, -0.15) is 11.8 Å². The minimum absolute atomic E-state index is 0.0244. The number of aliphatic hydroxyl groups is 1. The molecule has 0 spiro atoms. The summed E-state index contributed by atoms with van der Waals surface area (Å²) < 4.78 is 22.3. The number of hydrogen-bond acceptors (Lipinski definition) is 11. The van der Waals surface area contributed by atoms with Crippen LogP contribution in [0.2, 0.25) is 0 Å². The minimum atomic E-state index is -0.294. The van der Waals surface area contributed by atoms with Crippen molar-refractivity contribution in [2.45, 2.75) is 82.5 Å². The monoisotopic (exact) mass is 695 g/mol. The number of carbonyl (C=O) groups excluding carboxylic acids is 3. The molecule has 0 radical (unpaired) electrons. The van der Waals surface area contributed by atoms with E-state index in [4.69, 9.17) is 24.5 Å². The van der Waals surface area contributed by atoms with E-state index in [1.54, 1.807) is 0 Å². The van der Waals surface area contributed by atoms with Crippen molar-refractivity contribution in [1.29, 1.82) is 0 Å². The van der Waals surface area contributed by atoms with E-state index in [0.717, 1.165) is 25.0 Å². The lowest BCUT2D eigenvalue weighted by Gasteiger charge is -2.30. The Morgan fingerprint density at radius 2 is 1.65 bits per heavy atom. The molecule has 0 aromatic heterocycles. The number of rotatable bonds is 25. The van der Waals surface area contributed by atoms with Gasteiger partial charge in [0, 0.05) is 61.2 Å². The van der Waals surface area contributed by atoms with Crippen molar-refractivity contribution in [1.82, 2.24) is 16.0 Å². The van der Waals surface area contributed by atoms with E-state index in [0.29, 0.717) is 121 Å². The lowest BCUT2D eigenvalue weighted by Crippen LogP contribution is -2.36. The number of ketones is 1. The molecule has 2 fully saturated rings. The van der Waals surface area contributed by atoms with Crippen LogP contribution in [0.1, 0.15) is 65.2 Å². The van der Waals surface area contributed by atoms with E-state index in [9.17, 15) is 19.5 Å². The van der Waals surface area contributed by atoms with Crippen LogP contribution in [0.25, 0.3) is 10.4 Å². The van der Waals surface area contributed by atoms with Crippen LogP contribution < -0.4 is 16.0 Å². The first-order valence-electron chi connectivity index (χ1n) is 17.0. The van der Waals surface area contributed by atoms with Gasteiger partial charge in [0.05, 0.1) is 76.2 Å². The Morgan fingerprint density at radius 3 is 2.33 bits per heavy atom. The maximum atomic E-state index is 12.8. The van der Waals surface area contributed by atoms with Gasteiger partial charge < -0.3 is 40.0 Å². The Morgan fingerprint density at radius 1 is 0.958 bits per heavy atom. The van der Waals surface area contributed by atoms with Crippen LogP contribution in [0.3, 0.4) is 0 Å². The molecule has 3 amide bonds. The fourth-order valence-corrected chi connectivity index (χ4v) is 7.40. The highest BCUT2D eigenvalue weighted by atomic mass is 32.2. The van der Waals surface area contributed by atoms with Crippen molar-refractivity contribution in [2.75, 3.05) is 78.2 Å². The molecule has 15 nitrogen and oxygen atoms in total. The van der Waals surface area contributed by atoms with Crippen LogP contribution >= 0.6 is 11.8 Å². The number of urea groups is 1. The van der Waals surface area contributed by atoms with Gasteiger partial charge in [-0.1, -0.05) is 25.4 Å². The molecule has 3 aliphatic rings. The predicted molar refractivity (Wildman–Crippen MR) is 183 cm³/mol. The average molecular weight is 696 g/mol. The molecule has 2 aliphatic heterocycles. The van der Waals surface area contributed by atoms with E-state index < -0.39 is 0 Å². The second-order valence-electron chi connectivity index (χ2n) is 12.8. The zero-order chi connectivity index (χ0) is 34.6. The zero-order valence-electron chi connectivity index (χ0n) is 28.4. The van der Waals surface area contributed by atoms with E-state index >= 15 is 0 Å². The van der Waals surface area contributed by atoms with Gasteiger partial charge in [-0.15, -0.1) is 0 Å². The minimum Gasteiger partial charge on any atom is -0.511 e.